The van der Waals surface area contributed by atoms with Crippen molar-refractivity contribution in [3.63, 3.8) is 0 Å². The van der Waals surface area contributed by atoms with Gasteiger partial charge < -0.3 is 48.9 Å². The molecule has 1 aromatic heterocycles. The number of hydrogen-bond donors (Lipinski definition) is 5. The standard InChI is InChI=1S/C43H56O12/c1-5-6-7-8-9-10-11-12-13-14-15-16-17-18-19-20-34(45)52-26-33-38(48)39(49)40(50)43(54-33)53-29-24-30-37(47)35-36(46)28(22-21-27(2)3)23-32(51-4)42(35)55-41(30)31(44)25-29/h6-7,9-10,12-13,21,23-25,33,38-40,43-44,46,48-50H,5,8,11,14-20,22,26H2,1-4H3/b7-6-,10-9-,13-12-/t33-,38-,39+,40-,43-/m1/s1. The fraction of sp³-hybridized carbons (Fsp3) is 0.488. The normalized spacial score (nSPS) is 20.2. The number of carbonyl (C=O) groups excluding carboxylic acids is 1. The van der Waals surface area contributed by atoms with E-state index in [1.54, 1.807) is 6.07 Å². The molecule has 300 valence electrons. The minimum Gasteiger partial charge on any atom is -0.507 e. The number of benzene rings is 2. The zero-order valence-corrected chi connectivity index (χ0v) is 32.2. The van der Waals surface area contributed by atoms with Gasteiger partial charge in [0.2, 0.25) is 11.7 Å². The Kier molecular flexibility index (Phi) is 16.8. The summed E-state index contributed by atoms with van der Waals surface area (Å²) in [6.07, 6.45) is 16.2. The number of esters is 1. The summed E-state index contributed by atoms with van der Waals surface area (Å²) in [7, 11) is 1.39. The van der Waals surface area contributed by atoms with Crippen molar-refractivity contribution in [2.45, 2.75) is 122 Å². The summed E-state index contributed by atoms with van der Waals surface area (Å²) in [6.45, 7) is 5.52. The van der Waals surface area contributed by atoms with E-state index in [0.29, 0.717) is 18.4 Å². The van der Waals surface area contributed by atoms with Crippen LogP contribution < -0.4 is 14.9 Å². The fourth-order valence-corrected chi connectivity index (χ4v) is 6.21. The van der Waals surface area contributed by atoms with Gasteiger partial charge in [0.15, 0.2) is 22.7 Å². The molecule has 12 heteroatoms. The lowest BCUT2D eigenvalue weighted by atomic mass is 9.99. The number of aromatic hydroxyl groups is 2. The highest BCUT2D eigenvalue weighted by Gasteiger charge is 2.45. The molecule has 0 radical (unpaired) electrons. The van der Waals surface area contributed by atoms with Crippen LogP contribution in [-0.4, -0.2) is 75.9 Å². The zero-order valence-electron chi connectivity index (χ0n) is 32.2. The molecule has 5 atom stereocenters. The van der Waals surface area contributed by atoms with E-state index in [-0.39, 0.29) is 45.6 Å². The van der Waals surface area contributed by atoms with Crippen LogP contribution in [-0.2, 0) is 20.7 Å². The molecule has 12 nitrogen and oxygen atoms in total. The summed E-state index contributed by atoms with van der Waals surface area (Å²) < 4.78 is 28.1. The Balaban J connectivity index is 1.31. The van der Waals surface area contributed by atoms with Gasteiger partial charge in [0, 0.05) is 18.1 Å². The van der Waals surface area contributed by atoms with Gasteiger partial charge in [-0.2, -0.15) is 0 Å². The molecule has 4 rings (SSSR count). The third kappa shape index (κ3) is 11.9. The predicted molar refractivity (Wildman–Crippen MR) is 211 cm³/mol. The minimum atomic E-state index is -1.75. The van der Waals surface area contributed by atoms with E-state index >= 15 is 0 Å². The molecule has 1 fully saturated rings. The summed E-state index contributed by atoms with van der Waals surface area (Å²) in [4.78, 5) is 26.2. The molecule has 0 aliphatic carbocycles. The number of phenolic OH excluding ortho intramolecular Hbond substituents is 2. The van der Waals surface area contributed by atoms with Gasteiger partial charge in [0.05, 0.1) is 12.5 Å². The smallest absolute Gasteiger partial charge is 0.305 e. The van der Waals surface area contributed by atoms with Gasteiger partial charge in [-0.3, -0.25) is 9.59 Å². The van der Waals surface area contributed by atoms with Crippen LogP contribution in [0.4, 0.5) is 0 Å². The van der Waals surface area contributed by atoms with E-state index in [4.69, 9.17) is 23.4 Å². The second-order valence-electron chi connectivity index (χ2n) is 13.9. The minimum absolute atomic E-state index is 0.0584. The summed E-state index contributed by atoms with van der Waals surface area (Å²) in [5.74, 6) is -1.25. The number of unbranched alkanes of at least 4 members (excludes halogenated alkanes) is 5. The Hall–Kier alpha value is -4.62. The van der Waals surface area contributed by atoms with Crippen LogP contribution in [0.1, 0.15) is 90.5 Å². The number of hydrogen-bond acceptors (Lipinski definition) is 12. The van der Waals surface area contributed by atoms with Crippen LogP contribution >= 0.6 is 0 Å². The Morgan fingerprint density at radius 3 is 2.25 bits per heavy atom. The van der Waals surface area contributed by atoms with Crippen LogP contribution in [0.3, 0.4) is 0 Å². The van der Waals surface area contributed by atoms with Gasteiger partial charge in [-0.1, -0.05) is 74.3 Å². The summed E-state index contributed by atoms with van der Waals surface area (Å²) in [5, 5.41) is 53.5. The van der Waals surface area contributed by atoms with Crippen molar-refractivity contribution < 1.29 is 53.7 Å². The lowest BCUT2D eigenvalue weighted by molar-refractivity contribution is -0.278. The first-order valence-corrected chi connectivity index (χ1v) is 19.1. The predicted octanol–water partition coefficient (Wildman–Crippen LogP) is 7.19. The molecule has 1 saturated heterocycles. The van der Waals surface area contributed by atoms with E-state index in [2.05, 4.69) is 43.4 Å². The number of aliphatic hydroxyl groups is 3. The number of allylic oxidation sites excluding steroid dienone is 8. The lowest BCUT2D eigenvalue weighted by Crippen LogP contribution is -2.60. The Labute approximate surface area is 322 Å². The van der Waals surface area contributed by atoms with Crippen molar-refractivity contribution in [1.82, 2.24) is 0 Å². The maximum atomic E-state index is 13.8. The van der Waals surface area contributed by atoms with E-state index in [9.17, 15) is 35.1 Å². The molecule has 0 bridgehead atoms. The summed E-state index contributed by atoms with van der Waals surface area (Å²) in [6, 6.07) is 3.92. The van der Waals surface area contributed by atoms with Crippen LogP contribution in [0.15, 0.2) is 75.5 Å². The Morgan fingerprint density at radius 1 is 0.855 bits per heavy atom. The highest BCUT2D eigenvalue weighted by molar-refractivity contribution is 5.98. The third-order valence-electron chi connectivity index (χ3n) is 9.33. The molecule has 1 aliphatic rings. The average molecular weight is 765 g/mol. The highest BCUT2D eigenvalue weighted by atomic mass is 16.7. The molecule has 0 amide bonds. The van der Waals surface area contributed by atoms with Crippen molar-refractivity contribution in [3.8, 4) is 23.0 Å². The average Bonchev–Trinajstić information content (AvgIpc) is 3.16. The first-order valence-electron chi connectivity index (χ1n) is 19.1. The Bertz CT molecular complexity index is 1900. The molecule has 2 heterocycles. The van der Waals surface area contributed by atoms with Gasteiger partial charge in [0.1, 0.15) is 47.9 Å². The summed E-state index contributed by atoms with van der Waals surface area (Å²) in [5.41, 5.74) is 0.493. The first kappa shape index (κ1) is 43.1. The number of aliphatic hydroxyl groups excluding tert-OH is 3. The van der Waals surface area contributed by atoms with Crippen LogP contribution in [0.2, 0.25) is 0 Å². The number of carbonyl (C=O) groups is 1. The molecule has 0 unspecified atom stereocenters. The number of fused-ring (bicyclic) bond motifs is 2. The molecule has 55 heavy (non-hydrogen) atoms. The van der Waals surface area contributed by atoms with Crippen molar-refractivity contribution in [2.75, 3.05) is 13.7 Å². The molecule has 1 aliphatic heterocycles. The third-order valence-corrected chi connectivity index (χ3v) is 9.33. The monoisotopic (exact) mass is 764 g/mol. The van der Waals surface area contributed by atoms with Crippen LogP contribution in [0, 0.1) is 0 Å². The molecule has 5 N–H and O–H groups in total. The zero-order chi connectivity index (χ0) is 39.9. The van der Waals surface area contributed by atoms with Crippen LogP contribution in [0.5, 0.6) is 23.0 Å². The maximum Gasteiger partial charge on any atom is 0.305 e. The molecular formula is C43H56O12. The number of phenols is 2. The SMILES string of the molecule is CC/C=C\C/C=C\C/C=C\CCCCCCCC(=O)OC[C@H]1O[C@@H](Oc2cc(O)c3oc4c(OC)cc(CC=C(C)C)c(O)c4c(=O)c3c2)[C@H](O)[C@@H](O)[C@@H]1O. The van der Waals surface area contributed by atoms with Gasteiger partial charge in [-0.25, -0.2) is 0 Å². The van der Waals surface area contributed by atoms with Gasteiger partial charge in [0.25, 0.3) is 0 Å². The molecule has 2 aromatic carbocycles. The summed E-state index contributed by atoms with van der Waals surface area (Å²) >= 11 is 0. The van der Waals surface area contributed by atoms with Gasteiger partial charge in [-0.15, -0.1) is 0 Å². The molecule has 3 aromatic rings. The first-order chi connectivity index (χ1) is 26.5. The number of ether oxygens (including phenoxy) is 4. The number of rotatable bonds is 20. The topological polar surface area (TPSA) is 185 Å². The highest BCUT2D eigenvalue weighted by Crippen LogP contribution is 2.39. The molecular weight excluding hydrogens is 708 g/mol. The number of methoxy groups -OCH3 is 1. The molecule has 0 spiro atoms. The Morgan fingerprint density at radius 2 is 1.55 bits per heavy atom. The van der Waals surface area contributed by atoms with E-state index in [1.807, 2.05) is 19.9 Å². The van der Waals surface area contributed by atoms with Gasteiger partial charge >= 0.3 is 5.97 Å². The van der Waals surface area contributed by atoms with Gasteiger partial charge in [-0.05, 0) is 70.9 Å². The lowest BCUT2D eigenvalue weighted by Gasteiger charge is -2.39. The second kappa shape index (κ2) is 21.5. The largest absolute Gasteiger partial charge is 0.507 e. The van der Waals surface area contributed by atoms with Crippen molar-refractivity contribution in [1.29, 1.82) is 0 Å². The maximum absolute atomic E-state index is 13.8. The second-order valence-corrected chi connectivity index (χ2v) is 13.9. The van der Waals surface area contributed by atoms with Crippen molar-refractivity contribution >= 4 is 27.9 Å². The molecule has 0 saturated carbocycles. The van der Waals surface area contributed by atoms with E-state index < -0.39 is 54.5 Å². The van der Waals surface area contributed by atoms with E-state index in [0.717, 1.165) is 63.0 Å². The van der Waals surface area contributed by atoms with E-state index in [1.165, 1.54) is 13.2 Å². The fourth-order valence-electron chi connectivity index (χ4n) is 6.21. The van der Waals surface area contributed by atoms with Crippen molar-refractivity contribution in [2.24, 2.45) is 0 Å². The van der Waals surface area contributed by atoms with Crippen molar-refractivity contribution in [3.05, 3.63) is 82.1 Å². The quantitative estimate of drug-likeness (QED) is 0.0338. The van der Waals surface area contributed by atoms with Crippen LogP contribution in [0.25, 0.3) is 21.9 Å².